The fraction of sp³-hybridized carbons (Fsp3) is 0.533. The Bertz CT molecular complexity index is 446. The molecule has 1 heterocycles. The summed E-state index contributed by atoms with van der Waals surface area (Å²) in [7, 11) is 0. The maximum atomic E-state index is 12.0. The molecule has 1 saturated heterocycles. The van der Waals surface area contributed by atoms with E-state index in [0.717, 1.165) is 5.56 Å². The van der Waals surface area contributed by atoms with E-state index < -0.39 is 0 Å². The third-order valence-corrected chi connectivity index (χ3v) is 3.35. The number of hydrogen-bond acceptors (Lipinski definition) is 3. The van der Waals surface area contributed by atoms with E-state index in [9.17, 15) is 4.79 Å². The molecule has 0 spiro atoms. The van der Waals surface area contributed by atoms with Gasteiger partial charge in [-0.1, -0.05) is 24.3 Å². The molecule has 1 fully saturated rings. The Morgan fingerprint density at radius 2 is 2.16 bits per heavy atom. The molecule has 1 N–H and O–H groups in total. The van der Waals surface area contributed by atoms with Crippen LogP contribution in [0.5, 0.6) is 0 Å². The molecule has 1 atom stereocenters. The van der Waals surface area contributed by atoms with Gasteiger partial charge >= 0.3 is 0 Å². The van der Waals surface area contributed by atoms with Crippen LogP contribution in [0.3, 0.4) is 0 Å². The maximum Gasteiger partial charge on any atom is 0.238 e. The number of hydrogen-bond donors (Lipinski definition) is 1. The Labute approximate surface area is 114 Å². The Morgan fingerprint density at radius 1 is 1.42 bits per heavy atom. The van der Waals surface area contributed by atoms with Crippen LogP contribution in [0.1, 0.15) is 31.1 Å². The van der Waals surface area contributed by atoms with E-state index in [2.05, 4.69) is 24.4 Å². The summed E-state index contributed by atoms with van der Waals surface area (Å²) in [4.78, 5) is 13.8. The van der Waals surface area contributed by atoms with Crippen molar-refractivity contribution < 1.29 is 9.53 Å². The van der Waals surface area contributed by atoms with Crippen molar-refractivity contribution in [3.63, 3.8) is 0 Å². The van der Waals surface area contributed by atoms with E-state index in [-0.39, 0.29) is 18.2 Å². The van der Waals surface area contributed by atoms with Crippen molar-refractivity contribution >= 4 is 5.91 Å². The predicted octanol–water partition coefficient (Wildman–Crippen LogP) is 1.85. The van der Waals surface area contributed by atoms with Crippen molar-refractivity contribution in [3.05, 3.63) is 35.4 Å². The lowest BCUT2D eigenvalue weighted by molar-refractivity contribution is -0.129. The van der Waals surface area contributed by atoms with Crippen LogP contribution in [0.15, 0.2) is 24.3 Å². The Morgan fingerprint density at radius 3 is 2.84 bits per heavy atom. The first-order valence-electron chi connectivity index (χ1n) is 6.79. The van der Waals surface area contributed by atoms with Crippen molar-refractivity contribution in [2.24, 2.45) is 0 Å². The highest BCUT2D eigenvalue weighted by molar-refractivity contribution is 5.81. The third kappa shape index (κ3) is 3.33. The summed E-state index contributed by atoms with van der Waals surface area (Å²) in [6.07, 6.45) is 0.173. The summed E-state index contributed by atoms with van der Waals surface area (Å²) < 4.78 is 5.54. The molecule has 1 aliphatic heterocycles. The highest BCUT2D eigenvalue weighted by Gasteiger charge is 2.31. The lowest BCUT2D eigenvalue weighted by Crippen LogP contribution is -2.34. The summed E-state index contributed by atoms with van der Waals surface area (Å²) in [5, 5.41) is 3.27. The summed E-state index contributed by atoms with van der Waals surface area (Å²) in [5.41, 5.74) is 2.36. The van der Waals surface area contributed by atoms with Crippen molar-refractivity contribution in [2.75, 3.05) is 19.7 Å². The molecule has 1 aliphatic rings. The quantitative estimate of drug-likeness (QED) is 0.880. The van der Waals surface area contributed by atoms with Gasteiger partial charge in [-0.05, 0) is 31.9 Å². The molecule has 19 heavy (non-hydrogen) atoms. The lowest BCUT2D eigenvalue weighted by Gasteiger charge is -2.26. The molecular weight excluding hydrogens is 240 g/mol. The minimum atomic E-state index is -0.0236. The minimum Gasteiger partial charge on any atom is -0.377 e. The highest BCUT2D eigenvalue weighted by atomic mass is 16.5. The number of nitrogens with zero attached hydrogens (tertiary/aromatic N) is 1. The molecule has 4 heteroatoms. The van der Waals surface area contributed by atoms with Crippen LogP contribution in [0.4, 0.5) is 0 Å². The summed E-state index contributed by atoms with van der Waals surface area (Å²) in [6, 6.07) is 8.17. The van der Waals surface area contributed by atoms with Crippen LogP contribution >= 0.6 is 0 Å². The first kappa shape index (κ1) is 14.0. The Balaban J connectivity index is 2.07. The van der Waals surface area contributed by atoms with Gasteiger partial charge in [0.2, 0.25) is 5.91 Å². The molecule has 0 aromatic heterocycles. The molecule has 0 bridgehead atoms. The third-order valence-electron chi connectivity index (χ3n) is 3.35. The van der Waals surface area contributed by atoms with Gasteiger partial charge in [-0.3, -0.25) is 10.1 Å². The summed E-state index contributed by atoms with van der Waals surface area (Å²) >= 11 is 0. The van der Waals surface area contributed by atoms with Gasteiger partial charge in [0.05, 0.1) is 19.3 Å². The van der Waals surface area contributed by atoms with Crippen molar-refractivity contribution in [1.82, 2.24) is 10.2 Å². The second-order valence-corrected chi connectivity index (χ2v) is 5.15. The smallest absolute Gasteiger partial charge is 0.238 e. The zero-order chi connectivity index (χ0) is 13.8. The average Bonchev–Trinajstić information content (AvgIpc) is 2.72. The zero-order valence-electron chi connectivity index (χ0n) is 11.8. The van der Waals surface area contributed by atoms with Gasteiger partial charge in [0.15, 0.2) is 0 Å². The molecular formula is C15H22N2O2. The van der Waals surface area contributed by atoms with Gasteiger partial charge in [0.25, 0.3) is 0 Å². The second kappa shape index (κ2) is 6.17. The molecule has 0 aliphatic carbocycles. The molecule has 4 nitrogen and oxygen atoms in total. The average molecular weight is 262 g/mol. The molecule has 0 saturated carbocycles. The van der Waals surface area contributed by atoms with Crippen LogP contribution in [0, 0.1) is 6.92 Å². The van der Waals surface area contributed by atoms with Crippen LogP contribution in [0.2, 0.25) is 0 Å². The number of amides is 1. The molecule has 0 radical (unpaired) electrons. The van der Waals surface area contributed by atoms with Crippen molar-refractivity contribution in [3.8, 4) is 0 Å². The van der Waals surface area contributed by atoms with E-state index in [1.54, 1.807) is 0 Å². The lowest BCUT2D eigenvalue weighted by atomic mass is 10.1. The van der Waals surface area contributed by atoms with Crippen molar-refractivity contribution in [2.45, 2.75) is 33.0 Å². The molecule has 2 rings (SSSR count). The van der Waals surface area contributed by atoms with Gasteiger partial charge in [-0.2, -0.15) is 0 Å². The Kier molecular flexibility index (Phi) is 4.56. The van der Waals surface area contributed by atoms with E-state index in [1.165, 1.54) is 5.56 Å². The number of ether oxygens (including phenoxy) is 1. The van der Waals surface area contributed by atoms with Gasteiger partial charge in [-0.15, -0.1) is 0 Å². The van der Waals surface area contributed by atoms with Crippen LogP contribution in [-0.4, -0.2) is 36.6 Å². The van der Waals surface area contributed by atoms with Crippen LogP contribution in [0.25, 0.3) is 0 Å². The normalized spacial score (nSPS) is 19.5. The van der Waals surface area contributed by atoms with Gasteiger partial charge < -0.3 is 9.64 Å². The number of carbonyl (C=O) groups excluding carboxylic acids is 1. The summed E-state index contributed by atoms with van der Waals surface area (Å²) in [6.45, 7) is 7.69. The number of carbonyl (C=O) groups is 1. The number of aryl methyl sites for hydroxylation is 1. The minimum absolute atomic E-state index is 0.0236. The van der Waals surface area contributed by atoms with Gasteiger partial charge in [0, 0.05) is 6.54 Å². The molecule has 1 aromatic carbocycles. The fourth-order valence-corrected chi connectivity index (χ4v) is 2.35. The standard InChI is InChI=1S/C15H22N2O2/c1-11(2)19-9-8-17-14(18)10-16-15(17)13-7-5-4-6-12(13)3/h4-7,11,15-16H,8-10H2,1-3H3. The largest absolute Gasteiger partial charge is 0.377 e. The van der Waals surface area contributed by atoms with E-state index in [1.807, 2.05) is 30.9 Å². The molecule has 1 aromatic rings. The van der Waals surface area contributed by atoms with Crippen LogP contribution < -0.4 is 5.32 Å². The second-order valence-electron chi connectivity index (χ2n) is 5.15. The first-order valence-corrected chi connectivity index (χ1v) is 6.79. The monoisotopic (exact) mass is 262 g/mol. The fourth-order valence-electron chi connectivity index (χ4n) is 2.35. The van der Waals surface area contributed by atoms with Gasteiger partial charge in [0.1, 0.15) is 6.17 Å². The SMILES string of the molecule is Cc1ccccc1C1NCC(=O)N1CCOC(C)C. The molecule has 1 amide bonds. The van der Waals surface area contributed by atoms with E-state index >= 15 is 0 Å². The van der Waals surface area contributed by atoms with Crippen LogP contribution in [-0.2, 0) is 9.53 Å². The predicted molar refractivity (Wildman–Crippen MR) is 74.7 cm³/mol. The molecule has 1 unspecified atom stereocenters. The summed E-state index contributed by atoms with van der Waals surface area (Å²) in [5.74, 6) is 0.139. The maximum absolute atomic E-state index is 12.0. The number of rotatable bonds is 5. The van der Waals surface area contributed by atoms with Crippen molar-refractivity contribution in [1.29, 1.82) is 0 Å². The number of nitrogens with one attached hydrogen (secondary N) is 1. The number of benzene rings is 1. The molecule has 104 valence electrons. The highest BCUT2D eigenvalue weighted by Crippen LogP contribution is 2.24. The topological polar surface area (TPSA) is 41.6 Å². The Hall–Kier alpha value is -1.39. The first-order chi connectivity index (χ1) is 9.09. The zero-order valence-corrected chi connectivity index (χ0v) is 11.8. The van der Waals surface area contributed by atoms with E-state index in [0.29, 0.717) is 19.7 Å². The van der Waals surface area contributed by atoms with E-state index in [4.69, 9.17) is 4.74 Å². The van der Waals surface area contributed by atoms with Gasteiger partial charge in [-0.25, -0.2) is 0 Å².